The summed E-state index contributed by atoms with van der Waals surface area (Å²) in [5.41, 5.74) is 2.35. The van der Waals surface area contributed by atoms with Crippen molar-refractivity contribution in [3.63, 3.8) is 0 Å². The van der Waals surface area contributed by atoms with Crippen LogP contribution >= 0.6 is 0 Å². The third-order valence-corrected chi connectivity index (χ3v) is 5.31. The van der Waals surface area contributed by atoms with Gasteiger partial charge in [-0.25, -0.2) is 8.42 Å². The lowest BCUT2D eigenvalue weighted by atomic mass is 10.0. The minimum absolute atomic E-state index is 0.132. The Morgan fingerprint density at radius 1 is 1.08 bits per heavy atom. The lowest BCUT2D eigenvalue weighted by Gasteiger charge is -2.25. The van der Waals surface area contributed by atoms with Crippen LogP contribution < -0.4 is 9.62 Å². The zero-order valence-electron chi connectivity index (χ0n) is 15.5. The highest BCUT2D eigenvalue weighted by atomic mass is 32.2. The molecule has 0 unspecified atom stereocenters. The van der Waals surface area contributed by atoms with E-state index in [4.69, 9.17) is 0 Å². The molecule has 1 amide bonds. The monoisotopic (exact) mass is 374 g/mol. The van der Waals surface area contributed by atoms with Gasteiger partial charge in [-0.3, -0.25) is 9.10 Å². The number of anilines is 1. The standard InChI is InChI=1S/C20H26N2O3S/c1-4-10-18(17-12-6-5-7-13-17)21-20(23)15-22(26(3,24)25)19-14-9-8-11-16(19)2/h5-9,11-14,18H,4,10,15H2,1-3H3,(H,21,23)/t18-/m0/s1. The Morgan fingerprint density at radius 3 is 2.27 bits per heavy atom. The Bertz CT molecular complexity index is 835. The van der Waals surface area contributed by atoms with Crippen molar-refractivity contribution in [2.75, 3.05) is 17.1 Å². The number of hydrogen-bond donors (Lipinski definition) is 1. The summed E-state index contributed by atoms with van der Waals surface area (Å²) < 4.78 is 25.7. The van der Waals surface area contributed by atoms with Crippen molar-refractivity contribution in [1.29, 1.82) is 0 Å². The molecular formula is C20H26N2O3S. The van der Waals surface area contributed by atoms with E-state index in [1.165, 1.54) is 0 Å². The Labute approximate surface area is 156 Å². The first kappa shape index (κ1) is 20.0. The summed E-state index contributed by atoms with van der Waals surface area (Å²) in [4.78, 5) is 12.6. The van der Waals surface area contributed by atoms with E-state index in [1.54, 1.807) is 12.1 Å². The van der Waals surface area contributed by atoms with Crippen LogP contribution in [-0.2, 0) is 14.8 Å². The zero-order chi connectivity index (χ0) is 19.2. The Hall–Kier alpha value is -2.34. The number of sulfonamides is 1. The summed E-state index contributed by atoms with van der Waals surface area (Å²) in [7, 11) is -3.58. The van der Waals surface area contributed by atoms with Gasteiger partial charge >= 0.3 is 0 Å². The van der Waals surface area contributed by atoms with E-state index >= 15 is 0 Å². The SMILES string of the molecule is CCC[C@H](NC(=O)CN(c1ccccc1C)S(C)(=O)=O)c1ccccc1. The van der Waals surface area contributed by atoms with Crippen LogP contribution in [0.2, 0.25) is 0 Å². The average molecular weight is 375 g/mol. The molecule has 2 rings (SSSR count). The van der Waals surface area contributed by atoms with Gasteiger partial charge in [0.05, 0.1) is 18.0 Å². The number of rotatable bonds is 8. The molecule has 0 aromatic heterocycles. The van der Waals surface area contributed by atoms with Crippen LogP contribution in [0.25, 0.3) is 0 Å². The molecule has 1 atom stereocenters. The number of amides is 1. The number of benzene rings is 2. The molecule has 0 radical (unpaired) electrons. The predicted molar refractivity (Wildman–Crippen MR) is 106 cm³/mol. The van der Waals surface area contributed by atoms with Gasteiger partial charge in [-0.1, -0.05) is 61.9 Å². The van der Waals surface area contributed by atoms with Crippen molar-refractivity contribution in [3.05, 3.63) is 65.7 Å². The molecule has 2 aromatic carbocycles. The molecule has 1 N–H and O–H groups in total. The fraction of sp³-hybridized carbons (Fsp3) is 0.350. The number of para-hydroxylation sites is 1. The molecule has 0 aliphatic rings. The van der Waals surface area contributed by atoms with Crippen molar-refractivity contribution in [1.82, 2.24) is 5.32 Å². The van der Waals surface area contributed by atoms with Gasteiger partial charge in [0, 0.05) is 0 Å². The highest BCUT2D eigenvalue weighted by molar-refractivity contribution is 7.92. The minimum Gasteiger partial charge on any atom is -0.348 e. The average Bonchev–Trinajstić information content (AvgIpc) is 2.60. The topological polar surface area (TPSA) is 66.5 Å². The van der Waals surface area contributed by atoms with E-state index in [0.717, 1.165) is 34.5 Å². The molecule has 0 bridgehead atoms. The van der Waals surface area contributed by atoms with Crippen LogP contribution in [0, 0.1) is 6.92 Å². The van der Waals surface area contributed by atoms with Crippen LogP contribution in [-0.4, -0.2) is 27.1 Å². The number of carbonyl (C=O) groups is 1. The molecule has 6 heteroatoms. The second kappa shape index (κ2) is 8.85. The highest BCUT2D eigenvalue weighted by Gasteiger charge is 2.23. The van der Waals surface area contributed by atoms with Gasteiger partial charge in [0.25, 0.3) is 0 Å². The zero-order valence-corrected chi connectivity index (χ0v) is 16.3. The first-order valence-corrected chi connectivity index (χ1v) is 10.6. The highest BCUT2D eigenvalue weighted by Crippen LogP contribution is 2.22. The molecule has 2 aromatic rings. The van der Waals surface area contributed by atoms with Crippen LogP contribution in [0.5, 0.6) is 0 Å². The van der Waals surface area contributed by atoms with E-state index in [9.17, 15) is 13.2 Å². The molecular weight excluding hydrogens is 348 g/mol. The number of hydrogen-bond acceptors (Lipinski definition) is 3. The van der Waals surface area contributed by atoms with Crippen molar-refractivity contribution >= 4 is 21.6 Å². The molecule has 0 saturated heterocycles. The fourth-order valence-electron chi connectivity index (χ4n) is 2.89. The molecule has 0 aliphatic carbocycles. The third-order valence-electron chi connectivity index (χ3n) is 4.19. The van der Waals surface area contributed by atoms with Crippen LogP contribution in [0.1, 0.15) is 36.9 Å². The van der Waals surface area contributed by atoms with Crippen LogP contribution in [0.3, 0.4) is 0 Å². The molecule has 140 valence electrons. The van der Waals surface area contributed by atoms with Gasteiger partial charge < -0.3 is 5.32 Å². The van der Waals surface area contributed by atoms with Gasteiger partial charge in [0.2, 0.25) is 15.9 Å². The minimum atomic E-state index is -3.58. The van der Waals surface area contributed by atoms with Crippen LogP contribution in [0.15, 0.2) is 54.6 Å². The lowest BCUT2D eigenvalue weighted by Crippen LogP contribution is -2.41. The number of nitrogens with zero attached hydrogens (tertiary/aromatic N) is 1. The van der Waals surface area contributed by atoms with Crippen molar-refractivity contribution in [2.24, 2.45) is 0 Å². The molecule has 0 saturated carbocycles. The maximum absolute atomic E-state index is 12.6. The number of aryl methyl sites for hydroxylation is 1. The normalized spacial score (nSPS) is 12.4. The van der Waals surface area contributed by atoms with Gasteiger partial charge in [-0.05, 0) is 30.5 Å². The molecule has 5 nitrogen and oxygen atoms in total. The fourth-order valence-corrected chi connectivity index (χ4v) is 3.80. The molecule has 0 spiro atoms. The lowest BCUT2D eigenvalue weighted by molar-refractivity contribution is -0.120. The second-order valence-electron chi connectivity index (χ2n) is 6.38. The smallest absolute Gasteiger partial charge is 0.241 e. The van der Waals surface area contributed by atoms with E-state index in [0.29, 0.717) is 5.69 Å². The van der Waals surface area contributed by atoms with E-state index in [2.05, 4.69) is 12.2 Å². The van der Waals surface area contributed by atoms with Crippen molar-refractivity contribution in [3.8, 4) is 0 Å². The molecule has 0 heterocycles. The summed E-state index contributed by atoms with van der Waals surface area (Å²) in [6.07, 6.45) is 2.82. The largest absolute Gasteiger partial charge is 0.348 e. The maximum Gasteiger partial charge on any atom is 0.241 e. The Morgan fingerprint density at radius 2 is 1.69 bits per heavy atom. The van der Waals surface area contributed by atoms with Gasteiger partial charge in [0.1, 0.15) is 6.54 Å². The number of nitrogens with one attached hydrogen (secondary N) is 1. The van der Waals surface area contributed by atoms with E-state index < -0.39 is 10.0 Å². The summed E-state index contributed by atoms with van der Waals surface area (Å²) >= 11 is 0. The summed E-state index contributed by atoms with van der Waals surface area (Å²) in [5, 5.41) is 2.98. The summed E-state index contributed by atoms with van der Waals surface area (Å²) in [6.45, 7) is 3.64. The van der Waals surface area contributed by atoms with Gasteiger partial charge in [-0.2, -0.15) is 0 Å². The summed E-state index contributed by atoms with van der Waals surface area (Å²) in [5.74, 6) is -0.319. The molecule has 0 aliphatic heterocycles. The Kier molecular flexibility index (Phi) is 6.80. The van der Waals surface area contributed by atoms with E-state index in [-0.39, 0.29) is 18.5 Å². The maximum atomic E-state index is 12.6. The van der Waals surface area contributed by atoms with E-state index in [1.807, 2.05) is 49.4 Å². The number of carbonyl (C=O) groups excluding carboxylic acids is 1. The summed E-state index contributed by atoms with van der Waals surface area (Å²) in [6, 6.07) is 16.7. The van der Waals surface area contributed by atoms with Crippen molar-refractivity contribution in [2.45, 2.75) is 32.7 Å². The van der Waals surface area contributed by atoms with Crippen LogP contribution in [0.4, 0.5) is 5.69 Å². The molecule has 26 heavy (non-hydrogen) atoms. The van der Waals surface area contributed by atoms with Gasteiger partial charge in [0.15, 0.2) is 0 Å². The first-order valence-electron chi connectivity index (χ1n) is 8.70. The predicted octanol–water partition coefficient (Wildman–Crippen LogP) is 3.42. The van der Waals surface area contributed by atoms with Crippen molar-refractivity contribution < 1.29 is 13.2 Å². The Balaban J connectivity index is 2.20. The quantitative estimate of drug-likeness (QED) is 0.770. The second-order valence-corrected chi connectivity index (χ2v) is 8.28. The third kappa shape index (κ3) is 5.33. The van der Waals surface area contributed by atoms with Gasteiger partial charge in [-0.15, -0.1) is 0 Å². The molecule has 0 fully saturated rings. The first-order chi connectivity index (χ1) is 12.3.